The van der Waals surface area contributed by atoms with Crippen molar-refractivity contribution in [2.45, 2.75) is 33.2 Å². The second-order valence-corrected chi connectivity index (χ2v) is 5.57. The number of nitrogens with zero attached hydrogens (tertiary/aromatic N) is 2. The Kier molecular flexibility index (Phi) is 4.66. The van der Waals surface area contributed by atoms with Crippen LogP contribution in [0.1, 0.15) is 27.9 Å². The molecule has 106 valence electrons. The zero-order valence-electron chi connectivity index (χ0n) is 12.6. The molecule has 0 amide bonds. The third kappa shape index (κ3) is 3.13. The summed E-state index contributed by atoms with van der Waals surface area (Å²) < 4.78 is 0. The molecule has 2 aromatic rings. The van der Waals surface area contributed by atoms with Gasteiger partial charge in [-0.1, -0.05) is 24.3 Å². The molecule has 1 heterocycles. The highest BCUT2D eigenvalue weighted by Crippen LogP contribution is 2.25. The molecule has 2 nitrogen and oxygen atoms in total. The van der Waals surface area contributed by atoms with Crippen molar-refractivity contribution in [3.8, 4) is 0 Å². The minimum atomic E-state index is 0.493. The van der Waals surface area contributed by atoms with Crippen LogP contribution in [0.25, 0.3) is 0 Å². The topological polar surface area (TPSA) is 16.1 Å². The Hall–Kier alpha value is -1.54. The molecule has 0 aliphatic rings. The predicted octanol–water partition coefficient (Wildman–Crippen LogP) is 4.38. The summed E-state index contributed by atoms with van der Waals surface area (Å²) >= 11 is 6.10. The standard InChI is InChI=1S/C17H21ClN2/c1-12-7-5-6-8-15(12)11-20(4)17-16(10-18)13(2)9-14(3)19-17/h5-9H,10-11H2,1-4H3. The van der Waals surface area contributed by atoms with Gasteiger partial charge in [0, 0.05) is 24.8 Å². The minimum Gasteiger partial charge on any atom is -0.355 e. The second-order valence-electron chi connectivity index (χ2n) is 5.30. The molecule has 0 radical (unpaired) electrons. The molecule has 0 atom stereocenters. The fourth-order valence-electron chi connectivity index (χ4n) is 2.44. The summed E-state index contributed by atoms with van der Waals surface area (Å²) in [7, 11) is 2.07. The highest BCUT2D eigenvalue weighted by molar-refractivity contribution is 6.17. The van der Waals surface area contributed by atoms with Gasteiger partial charge in [-0.3, -0.25) is 0 Å². The third-order valence-corrected chi connectivity index (χ3v) is 3.88. The van der Waals surface area contributed by atoms with E-state index >= 15 is 0 Å². The van der Waals surface area contributed by atoms with Crippen molar-refractivity contribution in [2.24, 2.45) is 0 Å². The third-order valence-electron chi connectivity index (χ3n) is 3.62. The van der Waals surface area contributed by atoms with E-state index in [4.69, 9.17) is 11.6 Å². The molecule has 2 rings (SSSR count). The van der Waals surface area contributed by atoms with Crippen molar-refractivity contribution in [2.75, 3.05) is 11.9 Å². The Morgan fingerprint density at radius 2 is 1.80 bits per heavy atom. The Morgan fingerprint density at radius 1 is 1.10 bits per heavy atom. The van der Waals surface area contributed by atoms with E-state index in [9.17, 15) is 0 Å². The lowest BCUT2D eigenvalue weighted by molar-refractivity contribution is 0.873. The van der Waals surface area contributed by atoms with Crippen molar-refractivity contribution in [3.05, 3.63) is 58.3 Å². The first-order valence-corrected chi connectivity index (χ1v) is 7.35. The summed E-state index contributed by atoms with van der Waals surface area (Å²) in [5.41, 5.74) is 5.98. The number of pyridine rings is 1. The van der Waals surface area contributed by atoms with E-state index in [1.165, 1.54) is 16.7 Å². The van der Waals surface area contributed by atoms with Gasteiger partial charge in [0.2, 0.25) is 0 Å². The molecule has 0 unspecified atom stereocenters. The van der Waals surface area contributed by atoms with Gasteiger partial charge in [0.15, 0.2) is 0 Å². The number of alkyl halides is 1. The Bertz CT molecular complexity index is 608. The maximum absolute atomic E-state index is 6.10. The van der Waals surface area contributed by atoms with Gasteiger partial charge in [-0.2, -0.15) is 0 Å². The molecule has 1 aromatic carbocycles. The van der Waals surface area contributed by atoms with Crippen molar-refractivity contribution in [1.29, 1.82) is 0 Å². The second kappa shape index (κ2) is 6.27. The van der Waals surface area contributed by atoms with Crippen LogP contribution in [-0.4, -0.2) is 12.0 Å². The zero-order valence-corrected chi connectivity index (χ0v) is 13.3. The summed E-state index contributed by atoms with van der Waals surface area (Å²) in [6, 6.07) is 10.5. The predicted molar refractivity (Wildman–Crippen MR) is 86.6 cm³/mol. The average molecular weight is 289 g/mol. The Morgan fingerprint density at radius 3 is 2.45 bits per heavy atom. The fourth-order valence-corrected chi connectivity index (χ4v) is 2.77. The highest BCUT2D eigenvalue weighted by Gasteiger charge is 2.13. The molecule has 0 N–H and O–H groups in total. The number of aryl methyl sites for hydroxylation is 3. The van der Waals surface area contributed by atoms with E-state index < -0.39 is 0 Å². The van der Waals surface area contributed by atoms with Gasteiger partial charge in [0.05, 0.1) is 5.88 Å². The molecular formula is C17H21ClN2. The van der Waals surface area contributed by atoms with E-state index in [1.54, 1.807) is 0 Å². The summed E-state index contributed by atoms with van der Waals surface area (Å²) in [6.07, 6.45) is 0. The van der Waals surface area contributed by atoms with Crippen molar-refractivity contribution in [1.82, 2.24) is 4.98 Å². The van der Waals surface area contributed by atoms with Crippen molar-refractivity contribution >= 4 is 17.4 Å². The monoisotopic (exact) mass is 288 g/mol. The van der Waals surface area contributed by atoms with E-state index in [-0.39, 0.29) is 0 Å². The number of halogens is 1. The smallest absolute Gasteiger partial charge is 0.133 e. The molecule has 0 spiro atoms. The largest absolute Gasteiger partial charge is 0.355 e. The number of rotatable bonds is 4. The molecule has 0 bridgehead atoms. The van der Waals surface area contributed by atoms with Gasteiger partial charge < -0.3 is 4.90 Å². The van der Waals surface area contributed by atoms with Crippen LogP contribution >= 0.6 is 11.6 Å². The van der Waals surface area contributed by atoms with Crippen LogP contribution in [0, 0.1) is 20.8 Å². The van der Waals surface area contributed by atoms with E-state index in [2.05, 4.69) is 61.1 Å². The van der Waals surface area contributed by atoms with Crippen LogP contribution in [-0.2, 0) is 12.4 Å². The Balaban J connectivity index is 2.34. The van der Waals surface area contributed by atoms with Gasteiger partial charge in [-0.15, -0.1) is 11.6 Å². The molecule has 0 fully saturated rings. The van der Waals surface area contributed by atoms with Crippen LogP contribution in [0.2, 0.25) is 0 Å². The lowest BCUT2D eigenvalue weighted by atomic mass is 10.1. The first-order chi connectivity index (χ1) is 9.52. The molecule has 1 aromatic heterocycles. The number of benzene rings is 1. The SMILES string of the molecule is Cc1cc(C)c(CCl)c(N(C)Cc2ccccc2C)n1. The fraction of sp³-hybridized carbons (Fsp3) is 0.353. The zero-order chi connectivity index (χ0) is 14.7. The quantitative estimate of drug-likeness (QED) is 0.776. The number of hydrogen-bond acceptors (Lipinski definition) is 2. The first kappa shape index (κ1) is 14.9. The van der Waals surface area contributed by atoms with Gasteiger partial charge >= 0.3 is 0 Å². The van der Waals surface area contributed by atoms with Gasteiger partial charge in [0.1, 0.15) is 5.82 Å². The number of anilines is 1. The van der Waals surface area contributed by atoms with Crippen LogP contribution in [0.15, 0.2) is 30.3 Å². The van der Waals surface area contributed by atoms with E-state index in [0.29, 0.717) is 5.88 Å². The molecule has 0 aliphatic heterocycles. The van der Waals surface area contributed by atoms with Crippen LogP contribution in [0.3, 0.4) is 0 Å². The molecule has 0 saturated carbocycles. The number of hydrogen-bond donors (Lipinski definition) is 0. The minimum absolute atomic E-state index is 0.493. The summed E-state index contributed by atoms with van der Waals surface area (Å²) in [5.74, 6) is 1.48. The van der Waals surface area contributed by atoms with E-state index in [1.807, 2.05) is 6.92 Å². The number of aromatic nitrogens is 1. The normalized spacial score (nSPS) is 10.7. The van der Waals surface area contributed by atoms with Crippen molar-refractivity contribution in [3.63, 3.8) is 0 Å². The highest BCUT2D eigenvalue weighted by atomic mass is 35.5. The summed E-state index contributed by atoms with van der Waals surface area (Å²) in [6.45, 7) is 7.10. The molecular weight excluding hydrogens is 268 g/mol. The maximum atomic E-state index is 6.10. The van der Waals surface area contributed by atoms with Crippen LogP contribution in [0.4, 0.5) is 5.82 Å². The summed E-state index contributed by atoms with van der Waals surface area (Å²) in [5, 5.41) is 0. The van der Waals surface area contributed by atoms with Gasteiger partial charge in [-0.25, -0.2) is 4.98 Å². The van der Waals surface area contributed by atoms with Gasteiger partial charge in [-0.05, 0) is 43.5 Å². The van der Waals surface area contributed by atoms with Gasteiger partial charge in [0.25, 0.3) is 0 Å². The lowest BCUT2D eigenvalue weighted by Crippen LogP contribution is -2.20. The average Bonchev–Trinajstić information content (AvgIpc) is 2.40. The Labute approximate surface area is 126 Å². The van der Waals surface area contributed by atoms with Crippen molar-refractivity contribution < 1.29 is 0 Å². The molecule has 0 aliphatic carbocycles. The molecule has 20 heavy (non-hydrogen) atoms. The molecule has 3 heteroatoms. The summed E-state index contributed by atoms with van der Waals surface area (Å²) in [4.78, 5) is 6.85. The van der Waals surface area contributed by atoms with E-state index in [0.717, 1.165) is 23.6 Å². The first-order valence-electron chi connectivity index (χ1n) is 6.81. The lowest BCUT2D eigenvalue weighted by Gasteiger charge is -2.23. The molecule has 0 saturated heterocycles. The maximum Gasteiger partial charge on any atom is 0.133 e. The van der Waals surface area contributed by atoms with Crippen LogP contribution < -0.4 is 4.90 Å². The van der Waals surface area contributed by atoms with Crippen LogP contribution in [0.5, 0.6) is 0 Å².